The number of hydrogen-bond donors (Lipinski definition) is 1. The van der Waals surface area contributed by atoms with Gasteiger partial charge in [-0.25, -0.2) is 0 Å². The summed E-state index contributed by atoms with van der Waals surface area (Å²) in [6.45, 7) is 3.74. The molecule has 0 aliphatic carbocycles. The third-order valence-corrected chi connectivity index (χ3v) is 2.71. The molecule has 2 nitrogen and oxygen atoms in total. The Morgan fingerprint density at radius 3 is 2.87 bits per heavy atom. The molecule has 3 heteroatoms. The fourth-order valence-corrected chi connectivity index (χ4v) is 1.88. The Hall–Kier alpha value is -0.990. The fourth-order valence-electron chi connectivity index (χ4n) is 1.71. The smallest absolute Gasteiger partial charge is 0.134 e. The predicted octanol–water partition coefficient (Wildman–Crippen LogP) is 3.32. The number of hydrogen-bond acceptors (Lipinski definition) is 2. The van der Waals surface area contributed by atoms with Gasteiger partial charge < -0.3 is 9.52 Å². The van der Waals surface area contributed by atoms with Crippen molar-refractivity contribution in [3.63, 3.8) is 0 Å². The number of aryl methyl sites for hydroxylation is 1. The van der Waals surface area contributed by atoms with Crippen molar-refractivity contribution in [2.45, 2.75) is 26.4 Å². The summed E-state index contributed by atoms with van der Waals surface area (Å²) >= 11 is 5.91. The van der Waals surface area contributed by atoms with Crippen molar-refractivity contribution in [1.82, 2.24) is 0 Å². The number of benzene rings is 1. The molecule has 0 fully saturated rings. The molecule has 1 atom stereocenters. The molecule has 80 valence electrons. The number of fused-ring (bicyclic) bond motifs is 1. The molecule has 15 heavy (non-hydrogen) atoms. The van der Waals surface area contributed by atoms with Gasteiger partial charge in [-0.05, 0) is 37.6 Å². The second-order valence-corrected chi connectivity index (χ2v) is 4.28. The number of rotatable bonds is 2. The first-order chi connectivity index (χ1) is 7.08. The molecule has 2 aromatic rings. The van der Waals surface area contributed by atoms with E-state index >= 15 is 0 Å². The molecule has 0 bridgehead atoms. The highest BCUT2D eigenvalue weighted by Crippen LogP contribution is 2.28. The van der Waals surface area contributed by atoms with E-state index in [2.05, 4.69) is 0 Å². The van der Waals surface area contributed by atoms with E-state index in [-0.39, 0.29) is 6.10 Å². The van der Waals surface area contributed by atoms with E-state index in [1.807, 2.05) is 19.1 Å². The van der Waals surface area contributed by atoms with E-state index in [4.69, 9.17) is 16.0 Å². The van der Waals surface area contributed by atoms with Crippen molar-refractivity contribution in [2.75, 3.05) is 0 Å². The maximum atomic E-state index is 9.32. The highest BCUT2D eigenvalue weighted by atomic mass is 35.5. The van der Waals surface area contributed by atoms with Gasteiger partial charge in [-0.15, -0.1) is 0 Å². The van der Waals surface area contributed by atoms with Crippen LogP contribution in [-0.2, 0) is 6.42 Å². The molecule has 2 rings (SSSR count). The largest absolute Gasteiger partial charge is 0.461 e. The lowest BCUT2D eigenvalue weighted by atomic mass is 10.1. The monoisotopic (exact) mass is 224 g/mol. The molecule has 1 aromatic carbocycles. The lowest BCUT2D eigenvalue weighted by molar-refractivity contribution is 0.188. The Morgan fingerprint density at radius 2 is 2.20 bits per heavy atom. The van der Waals surface area contributed by atoms with Crippen LogP contribution in [0.4, 0.5) is 0 Å². The van der Waals surface area contributed by atoms with Gasteiger partial charge in [0.2, 0.25) is 0 Å². The Labute approximate surface area is 93.5 Å². The number of furan rings is 1. The van der Waals surface area contributed by atoms with Crippen LogP contribution in [0.15, 0.2) is 22.6 Å². The zero-order chi connectivity index (χ0) is 11.0. The fraction of sp³-hybridized carbons (Fsp3) is 0.333. The quantitative estimate of drug-likeness (QED) is 0.849. The van der Waals surface area contributed by atoms with Crippen LogP contribution < -0.4 is 0 Å². The Balaban J connectivity index is 2.54. The van der Waals surface area contributed by atoms with Crippen molar-refractivity contribution in [2.24, 2.45) is 0 Å². The second kappa shape index (κ2) is 3.87. The molecule has 1 unspecified atom stereocenters. The molecule has 1 aromatic heterocycles. The molecule has 0 radical (unpaired) electrons. The summed E-state index contributed by atoms with van der Waals surface area (Å²) in [5.41, 5.74) is 1.89. The van der Waals surface area contributed by atoms with E-state index in [1.54, 1.807) is 13.0 Å². The third-order valence-electron chi connectivity index (χ3n) is 2.48. The Morgan fingerprint density at radius 1 is 1.47 bits per heavy atom. The average molecular weight is 225 g/mol. The second-order valence-electron chi connectivity index (χ2n) is 3.84. The third kappa shape index (κ3) is 2.01. The van der Waals surface area contributed by atoms with Crippen molar-refractivity contribution >= 4 is 22.6 Å². The van der Waals surface area contributed by atoms with E-state index in [9.17, 15) is 5.11 Å². The van der Waals surface area contributed by atoms with Gasteiger partial charge in [0.15, 0.2) is 0 Å². The maximum Gasteiger partial charge on any atom is 0.134 e. The lowest BCUT2D eigenvalue weighted by Gasteiger charge is -2.00. The highest BCUT2D eigenvalue weighted by Gasteiger charge is 2.12. The first-order valence-electron chi connectivity index (χ1n) is 4.93. The molecule has 0 saturated carbocycles. The molecule has 1 heterocycles. The summed E-state index contributed by atoms with van der Waals surface area (Å²) in [7, 11) is 0. The molecule has 0 amide bonds. The SMILES string of the molecule is Cc1c(CC(C)O)oc2ccc(Cl)cc12. The van der Waals surface area contributed by atoms with E-state index in [1.165, 1.54) is 0 Å². The first-order valence-corrected chi connectivity index (χ1v) is 5.31. The summed E-state index contributed by atoms with van der Waals surface area (Å²) in [5, 5.41) is 11.1. The topological polar surface area (TPSA) is 33.4 Å². The van der Waals surface area contributed by atoms with Crippen LogP contribution in [0.2, 0.25) is 5.02 Å². The van der Waals surface area contributed by atoms with Crippen molar-refractivity contribution in [3.05, 3.63) is 34.5 Å². The maximum absolute atomic E-state index is 9.32. The predicted molar refractivity (Wildman–Crippen MR) is 61.3 cm³/mol. The van der Waals surface area contributed by atoms with Gasteiger partial charge in [-0.1, -0.05) is 11.6 Å². The zero-order valence-corrected chi connectivity index (χ0v) is 9.51. The molecule has 0 saturated heterocycles. The lowest BCUT2D eigenvalue weighted by Crippen LogP contribution is -2.03. The standard InChI is InChI=1S/C12H13ClO2/c1-7(14)5-12-8(2)10-6-9(13)3-4-11(10)15-12/h3-4,6-7,14H,5H2,1-2H3. The molecular formula is C12H13ClO2. The summed E-state index contributed by atoms with van der Waals surface area (Å²) in [6.07, 6.45) is 0.151. The number of halogens is 1. The highest BCUT2D eigenvalue weighted by molar-refractivity contribution is 6.31. The summed E-state index contributed by atoms with van der Waals surface area (Å²) in [4.78, 5) is 0. The average Bonchev–Trinajstić information content (AvgIpc) is 2.44. The van der Waals surface area contributed by atoms with E-state index in [0.717, 1.165) is 22.3 Å². The molecular weight excluding hydrogens is 212 g/mol. The molecule has 1 N–H and O–H groups in total. The van der Waals surface area contributed by atoms with Gasteiger partial charge in [0, 0.05) is 16.8 Å². The van der Waals surface area contributed by atoms with Crippen LogP contribution in [0.5, 0.6) is 0 Å². The van der Waals surface area contributed by atoms with Crippen molar-refractivity contribution in [1.29, 1.82) is 0 Å². The van der Waals surface area contributed by atoms with E-state index < -0.39 is 0 Å². The van der Waals surface area contributed by atoms with Crippen LogP contribution in [0.3, 0.4) is 0 Å². The summed E-state index contributed by atoms with van der Waals surface area (Å²) in [6, 6.07) is 5.55. The minimum Gasteiger partial charge on any atom is -0.461 e. The zero-order valence-electron chi connectivity index (χ0n) is 8.75. The Bertz CT molecular complexity index is 486. The van der Waals surface area contributed by atoms with Gasteiger partial charge in [0.05, 0.1) is 6.10 Å². The minimum atomic E-state index is -0.389. The van der Waals surface area contributed by atoms with Crippen LogP contribution in [0.25, 0.3) is 11.0 Å². The van der Waals surface area contributed by atoms with Crippen LogP contribution in [-0.4, -0.2) is 11.2 Å². The summed E-state index contributed by atoms with van der Waals surface area (Å²) in [5.74, 6) is 0.835. The molecule has 0 aliphatic rings. The summed E-state index contributed by atoms with van der Waals surface area (Å²) < 4.78 is 5.65. The van der Waals surface area contributed by atoms with Gasteiger partial charge in [-0.2, -0.15) is 0 Å². The van der Waals surface area contributed by atoms with Gasteiger partial charge in [-0.3, -0.25) is 0 Å². The molecule has 0 aliphatic heterocycles. The van der Waals surface area contributed by atoms with Gasteiger partial charge in [0.25, 0.3) is 0 Å². The Kier molecular flexibility index (Phi) is 2.72. The minimum absolute atomic E-state index is 0.389. The first kappa shape index (κ1) is 10.5. The number of aliphatic hydroxyl groups excluding tert-OH is 1. The van der Waals surface area contributed by atoms with E-state index in [0.29, 0.717) is 11.4 Å². The van der Waals surface area contributed by atoms with Crippen LogP contribution in [0.1, 0.15) is 18.2 Å². The van der Waals surface area contributed by atoms with Gasteiger partial charge >= 0.3 is 0 Å². The van der Waals surface area contributed by atoms with Crippen LogP contribution in [0, 0.1) is 6.92 Å². The van der Waals surface area contributed by atoms with Crippen molar-refractivity contribution < 1.29 is 9.52 Å². The van der Waals surface area contributed by atoms with Crippen LogP contribution >= 0.6 is 11.6 Å². The van der Waals surface area contributed by atoms with Gasteiger partial charge in [0.1, 0.15) is 11.3 Å². The normalized spacial score (nSPS) is 13.3. The van der Waals surface area contributed by atoms with Crippen molar-refractivity contribution in [3.8, 4) is 0 Å². The number of aliphatic hydroxyl groups is 1. The molecule has 0 spiro atoms.